The fourth-order valence-electron chi connectivity index (χ4n) is 1.28. The van der Waals surface area contributed by atoms with Crippen molar-refractivity contribution in [2.45, 2.75) is 0 Å². The van der Waals surface area contributed by atoms with E-state index in [9.17, 15) is 8.78 Å². The van der Waals surface area contributed by atoms with Gasteiger partial charge in [0.15, 0.2) is 10.6 Å². The van der Waals surface area contributed by atoms with Crippen LogP contribution in [0.5, 0.6) is 0 Å². The Labute approximate surface area is 99.7 Å². The minimum atomic E-state index is -0.702. The number of rotatable bonds is 1. The van der Waals surface area contributed by atoms with Crippen molar-refractivity contribution >= 4 is 23.8 Å². The molecule has 1 aromatic carbocycles. The standard InChI is InChI=1S/C9H6ClF2N3S/c1-15-8(13-14-9(15)16)4-2-7(12)5(10)3-6(4)11/h2-3H,1H3,(H,14,16). The van der Waals surface area contributed by atoms with E-state index in [1.54, 1.807) is 7.05 Å². The Morgan fingerprint density at radius 2 is 2.06 bits per heavy atom. The first kappa shape index (κ1) is 11.2. The van der Waals surface area contributed by atoms with E-state index >= 15 is 0 Å². The highest BCUT2D eigenvalue weighted by Gasteiger charge is 2.14. The van der Waals surface area contributed by atoms with Gasteiger partial charge >= 0.3 is 0 Å². The zero-order valence-electron chi connectivity index (χ0n) is 8.09. The molecule has 0 aliphatic carbocycles. The molecule has 0 saturated carbocycles. The Morgan fingerprint density at radius 3 is 2.62 bits per heavy atom. The molecule has 0 fully saturated rings. The Balaban J connectivity index is 2.69. The number of hydrogen-bond acceptors (Lipinski definition) is 2. The zero-order chi connectivity index (χ0) is 11.9. The summed E-state index contributed by atoms with van der Waals surface area (Å²) >= 11 is 10.3. The van der Waals surface area contributed by atoms with Crippen molar-refractivity contribution in [2.75, 3.05) is 0 Å². The molecule has 0 spiro atoms. The van der Waals surface area contributed by atoms with Gasteiger partial charge in [0, 0.05) is 7.05 Å². The highest BCUT2D eigenvalue weighted by atomic mass is 35.5. The Hall–Kier alpha value is -1.27. The molecule has 2 aromatic rings. The zero-order valence-corrected chi connectivity index (χ0v) is 9.66. The number of H-pyrrole nitrogens is 1. The van der Waals surface area contributed by atoms with Crippen LogP contribution in [0.1, 0.15) is 0 Å². The second kappa shape index (κ2) is 3.95. The maximum atomic E-state index is 13.6. The fourth-order valence-corrected chi connectivity index (χ4v) is 1.56. The first-order valence-corrected chi connectivity index (χ1v) is 5.05. The molecule has 0 aliphatic rings. The van der Waals surface area contributed by atoms with Crippen molar-refractivity contribution in [3.63, 3.8) is 0 Å². The van der Waals surface area contributed by atoms with Crippen LogP contribution in [0.25, 0.3) is 11.4 Å². The smallest absolute Gasteiger partial charge is 0.195 e. The molecule has 16 heavy (non-hydrogen) atoms. The summed E-state index contributed by atoms with van der Waals surface area (Å²) in [5, 5.41) is 6.04. The number of benzene rings is 1. The second-order valence-electron chi connectivity index (χ2n) is 3.16. The average molecular weight is 262 g/mol. The first-order chi connectivity index (χ1) is 7.50. The predicted octanol–water partition coefficient (Wildman–Crippen LogP) is 3.08. The van der Waals surface area contributed by atoms with Gasteiger partial charge in [0.1, 0.15) is 11.6 Å². The maximum absolute atomic E-state index is 13.6. The number of nitrogens with zero attached hydrogens (tertiary/aromatic N) is 2. The molecule has 0 aliphatic heterocycles. The number of hydrogen-bond donors (Lipinski definition) is 1. The molecular formula is C9H6ClF2N3S. The van der Waals surface area contributed by atoms with E-state index < -0.39 is 11.6 Å². The normalized spacial score (nSPS) is 10.8. The minimum absolute atomic E-state index is 0.0109. The summed E-state index contributed by atoms with van der Waals surface area (Å²) in [5.41, 5.74) is 0.0109. The molecule has 3 nitrogen and oxygen atoms in total. The lowest BCUT2D eigenvalue weighted by Crippen LogP contribution is -1.96. The van der Waals surface area contributed by atoms with Crippen LogP contribution in [0.2, 0.25) is 5.02 Å². The first-order valence-electron chi connectivity index (χ1n) is 4.27. The molecule has 0 bridgehead atoms. The monoisotopic (exact) mass is 261 g/mol. The fraction of sp³-hybridized carbons (Fsp3) is 0.111. The van der Waals surface area contributed by atoms with Gasteiger partial charge in [-0.05, 0) is 24.4 Å². The van der Waals surface area contributed by atoms with E-state index in [4.69, 9.17) is 23.8 Å². The highest BCUT2D eigenvalue weighted by Crippen LogP contribution is 2.26. The van der Waals surface area contributed by atoms with Gasteiger partial charge in [0.05, 0.1) is 10.6 Å². The predicted molar refractivity (Wildman–Crippen MR) is 58.8 cm³/mol. The van der Waals surface area contributed by atoms with Gasteiger partial charge < -0.3 is 4.57 Å². The van der Waals surface area contributed by atoms with Crippen LogP contribution in [0.4, 0.5) is 8.78 Å². The van der Waals surface area contributed by atoms with E-state index in [2.05, 4.69) is 10.2 Å². The molecule has 0 saturated heterocycles. The van der Waals surface area contributed by atoms with E-state index in [-0.39, 0.29) is 16.4 Å². The average Bonchev–Trinajstić information content (AvgIpc) is 2.54. The number of halogens is 3. The van der Waals surface area contributed by atoms with E-state index in [0.717, 1.165) is 12.1 Å². The van der Waals surface area contributed by atoms with Crippen LogP contribution in [0.15, 0.2) is 12.1 Å². The Morgan fingerprint density at radius 1 is 1.38 bits per heavy atom. The van der Waals surface area contributed by atoms with Crippen LogP contribution in [-0.2, 0) is 7.05 Å². The van der Waals surface area contributed by atoms with E-state index in [1.165, 1.54) is 4.57 Å². The third-order valence-electron chi connectivity index (χ3n) is 2.13. The van der Waals surface area contributed by atoms with Crippen molar-refractivity contribution in [3.8, 4) is 11.4 Å². The summed E-state index contributed by atoms with van der Waals surface area (Å²) in [4.78, 5) is 0. The third-order valence-corrected chi connectivity index (χ3v) is 2.79. The molecule has 1 N–H and O–H groups in total. The van der Waals surface area contributed by atoms with Crippen LogP contribution in [0, 0.1) is 16.4 Å². The summed E-state index contributed by atoms with van der Waals surface area (Å²) in [5.74, 6) is -1.13. The molecule has 0 atom stereocenters. The lowest BCUT2D eigenvalue weighted by atomic mass is 10.2. The summed E-state index contributed by atoms with van der Waals surface area (Å²) in [7, 11) is 1.60. The van der Waals surface area contributed by atoms with Crippen LogP contribution < -0.4 is 0 Å². The van der Waals surface area contributed by atoms with Crippen LogP contribution in [-0.4, -0.2) is 14.8 Å². The SMILES string of the molecule is Cn1c(-c2cc(F)c(Cl)cc2F)n[nH]c1=S. The molecule has 2 rings (SSSR count). The van der Waals surface area contributed by atoms with Crippen molar-refractivity contribution in [2.24, 2.45) is 7.05 Å². The highest BCUT2D eigenvalue weighted by molar-refractivity contribution is 7.71. The second-order valence-corrected chi connectivity index (χ2v) is 3.95. The summed E-state index contributed by atoms with van der Waals surface area (Å²) in [6.45, 7) is 0. The molecule has 84 valence electrons. The van der Waals surface area contributed by atoms with E-state index in [1.807, 2.05) is 0 Å². The summed E-state index contributed by atoms with van der Waals surface area (Å²) in [6, 6.07) is 1.90. The van der Waals surface area contributed by atoms with Crippen molar-refractivity contribution < 1.29 is 8.78 Å². The van der Waals surface area contributed by atoms with Gasteiger partial charge in [-0.1, -0.05) is 11.6 Å². The van der Waals surface area contributed by atoms with Gasteiger partial charge in [-0.15, -0.1) is 0 Å². The molecule has 1 heterocycles. The summed E-state index contributed by atoms with van der Waals surface area (Å²) in [6.07, 6.45) is 0. The molecule has 0 radical (unpaired) electrons. The summed E-state index contributed by atoms with van der Waals surface area (Å²) < 4.78 is 28.5. The van der Waals surface area contributed by atoms with Crippen LogP contribution >= 0.6 is 23.8 Å². The van der Waals surface area contributed by atoms with Crippen LogP contribution in [0.3, 0.4) is 0 Å². The van der Waals surface area contributed by atoms with Gasteiger partial charge in [-0.2, -0.15) is 5.10 Å². The van der Waals surface area contributed by atoms with E-state index in [0.29, 0.717) is 4.77 Å². The lowest BCUT2D eigenvalue weighted by molar-refractivity contribution is 0.601. The maximum Gasteiger partial charge on any atom is 0.195 e. The topological polar surface area (TPSA) is 33.6 Å². The third kappa shape index (κ3) is 1.74. The molecule has 0 amide bonds. The van der Waals surface area contributed by atoms with Gasteiger partial charge in [0.25, 0.3) is 0 Å². The van der Waals surface area contributed by atoms with Crippen molar-refractivity contribution in [1.82, 2.24) is 14.8 Å². The number of aromatic nitrogens is 3. The van der Waals surface area contributed by atoms with Crippen molar-refractivity contribution in [1.29, 1.82) is 0 Å². The Bertz CT molecular complexity index is 605. The van der Waals surface area contributed by atoms with Gasteiger partial charge in [-0.3, -0.25) is 5.10 Å². The van der Waals surface area contributed by atoms with Gasteiger partial charge in [-0.25, -0.2) is 8.78 Å². The molecule has 1 aromatic heterocycles. The lowest BCUT2D eigenvalue weighted by Gasteiger charge is -2.03. The van der Waals surface area contributed by atoms with Gasteiger partial charge in [0.2, 0.25) is 0 Å². The van der Waals surface area contributed by atoms with Crippen molar-refractivity contribution in [3.05, 3.63) is 33.6 Å². The molecule has 7 heteroatoms. The quantitative estimate of drug-likeness (QED) is 0.632. The molecule has 0 unspecified atom stereocenters. The number of aromatic amines is 1. The Kier molecular flexibility index (Phi) is 2.77. The molecular weight excluding hydrogens is 256 g/mol. The minimum Gasteiger partial charge on any atom is -0.303 e. The number of nitrogens with one attached hydrogen (secondary N) is 1. The largest absolute Gasteiger partial charge is 0.303 e.